The van der Waals surface area contributed by atoms with Crippen LogP contribution in [0.5, 0.6) is 0 Å². The minimum atomic E-state index is -1.30. The van der Waals surface area contributed by atoms with Crippen LogP contribution in [0, 0.1) is 52.3 Å². The predicted molar refractivity (Wildman–Crippen MR) is 163 cm³/mol. The first-order chi connectivity index (χ1) is 19.9. The van der Waals surface area contributed by atoms with Gasteiger partial charge in [-0.3, -0.25) is 4.79 Å². The molecule has 14 atom stereocenters. The second kappa shape index (κ2) is 12.8. The summed E-state index contributed by atoms with van der Waals surface area (Å²) in [4.78, 5) is 11.9. The summed E-state index contributed by atoms with van der Waals surface area (Å²) in [6, 6.07) is -0.890. The lowest BCUT2D eigenvalue weighted by molar-refractivity contribution is -0.287. The third kappa shape index (κ3) is 5.99. The van der Waals surface area contributed by atoms with Crippen LogP contribution in [0.25, 0.3) is 0 Å². The minimum Gasteiger partial charge on any atom is -0.394 e. The van der Waals surface area contributed by atoms with E-state index >= 15 is 0 Å². The Morgan fingerprint density at radius 1 is 1.00 bits per heavy atom. The number of aliphatic hydroxyl groups excluding tert-OH is 3. The molecule has 4 N–H and O–H groups in total. The third-order valence-corrected chi connectivity index (χ3v) is 12.9. The minimum absolute atomic E-state index is 0.0799. The van der Waals surface area contributed by atoms with Gasteiger partial charge in [0.15, 0.2) is 6.29 Å². The molecule has 4 fully saturated rings. The second-order valence-corrected chi connectivity index (χ2v) is 15.8. The van der Waals surface area contributed by atoms with Crippen molar-refractivity contribution in [2.75, 3.05) is 6.61 Å². The summed E-state index contributed by atoms with van der Waals surface area (Å²) in [5.74, 6) is 4.71. The molecule has 1 heterocycles. The average Bonchev–Trinajstić information content (AvgIpc) is 3.29. The summed E-state index contributed by atoms with van der Waals surface area (Å²) in [5, 5.41) is 33.5. The number of hydrogen-bond acceptors (Lipinski definition) is 6. The number of nitrogens with one attached hydrogen (secondary N) is 1. The molecule has 5 rings (SSSR count). The van der Waals surface area contributed by atoms with Gasteiger partial charge in [-0.05, 0) is 97.2 Å². The lowest BCUT2D eigenvalue weighted by Crippen LogP contribution is -2.65. The molecule has 0 spiro atoms. The maximum Gasteiger partial charge on any atom is 0.217 e. The molecule has 5 aliphatic rings. The molecule has 0 bridgehead atoms. The van der Waals surface area contributed by atoms with E-state index in [0.29, 0.717) is 23.2 Å². The standard InChI is InChI=1S/C35H59NO6/c1-20(2)8-7-9-21(3)26-12-13-27-25-11-10-23-18-24(14-16-34(23,5)28(25)15-17-35(26,27)6)41-33-30(36-22(4)38)32(40)31(39)29(19-37)42-33/h10-11,20-21,23-33,37,39-40H,7-9,12-19H2,1-6H3,(H,36,38). The Labute approximate surface area is 254 Å². The van der Waals surface area contributed by atoms with Gasteiger partial charge < -0.3 is 30.1 Å². The van der Waals surface area contributed by atoms with E-state index in [0.717, 1.165) is 42.9 Å². The fraction of sp³-hybridized carbons (Fsp3) is 0.914. The van der Waals surface area contributed by atoms with Crippen molar-refractivity contribution in [3.05, 3.63) is 12.2 Å². The Morgan fingerprint density at radius 3 is 2.40 bits per heavy atom. The number of amides is 1. The van der Waals surface area contributed by atoms with E-state index in [1.54, 1.807) is 0 Å². The number of hydrogen-bond donors (Lipinski definition) is 4. The molecule has 0 aromatic rings. The second-order valence-electron chi connectivity index (χ2n) is 15.8. The zero-order chi connectivity index (χ0) is 30.4. The Morgan fingerprint density at radius 2 is 1.71 bits per heavy atom. The molecule has 1 saturated heterocycles. The average molecular weight is 590 g/mol. The summed E-state index contributed by atoms with van der Waals surface area (Å²) < 4.78 is 12.3. The molecule has 4 aliphatic carbocycles. The van der Waals surface area contributed by atoms with Crippen LogP contribution in [0.2, 0.25) is 0 Å². The maximum absolute atomic E-state index is 11.9. The van der Waals surface area contributed by atoms with Crippen molar-refractivity contribution in [3.63, 3.8) is 0 Å². The monoisotopic (exact) mass is 589 g/mol. The highest BCUT2D eigenvalue weighted by Crippen LogP contribution is 2.67. The highest BCUT2D eigenvalue weighted by Gasteiger charge is 2.60. The first kappa shape index (κ1) is 32.4. The summed E-state index contributed by atoms with van der Waals surface area (Å²) in [5.41, 5.74) is 0.702. The highest BCUT2D eigenvalue weighted by atomic mass is 16.7. The molecule has 0 aromatic carbocycles. The van der Waals surface area contributed by atoms with Gasteiger partial charge in [-0.15, -0.1) is 0 Å². The van der Waals surface area contributed by atoms with Gasteiger partial charge >= 0.3 is 0 Å². The summed E-state index contributed by atoms with van der Waals surface area (Å²) in [6.07, 6.45) is 12.9. The number of rotatable bonds is 9. The normalized spacial score (nSPS) is 47.4. The molecule has 3 saturated carbocycles. The van der Waals surface area contributed by atoms with Crippen LogP contribution in [0.15, 0.2) is 12.2 Å². The highest BCUT2D eigenvalue weighted by molar-refractivity contribution is 5.73. The summed E-state index contributed by atoms with van der Waals surface area (Å²) in [6.45, 7) is 13.3. The number of fused-ring (bicyclic) bond motifs is 5. The molecule has 1 aliphatic heterocycles. The van der Waals surface area contributed by atoms with Gasteiger partial charge in [0.2, 0.25) is 5.91 Å². The molecular weight excluding hydrogens is 530 g/mol. The number of carbonyl (C=O) groups is 1. The van der Waals surface area contributed by atoms with E-state index < -0.39 is 37.3 Å². The van der Waals surface area contributed by atoms with Crippen molar-refractivity contribution in [1.29, 1.82) is 0 Å². The molecule has 7 heteroatoms. The van der Waals surface area contributed by atoms with E-state index in [2.05, 4.69) is 52.1 Å². The lowest BCUT2D eigenvalue weighted by Gasteiger charge is -2.59. The van der Waals surface area contributed by atoms with E-state index in [9.17, 15) is 20.1 Å². The SMILES string of the molecule is CC(=O)NC1C(OC2CCC3(C)C(C=CC4C3CCC3(C)C(C(C)CCCC(C)C)CCC43)C2)OC(CO)C(O)C1O. The molecule has 14 unspecified atom stereocenters. The quantitative estimate of drug-likeness (QED) is 0.275. The van der Waals surface area contributed by atoms with Crippen molar-refractivity contribution < 1.29 is 29.6 Å². The smallest absolute Gasteiger partial charge is 0.217 e. The van der Waals surface area contributed by atoms with Crippen LogP contribution in [-0.4, -0.2) is 64.6 Å². The zero-order valence-electron chi connectivity index (χ0n) is 27.0. The molecule has 1 amide bonds. The topological polar surface area (TPSA) is 108 Å². The number of carbonyl (C=O) groups excluding carboxylic acids is 1. The van der Waals surface area contributed by atoms with Crippen LogP contribution < -0.4 is 5.32 Å². The number of aliphatic hydroxyl groups is 3. The van der Waals surface area contributed by atoms with Gasteiger partial charge in [0.1, 0.15) is 24.4 Å². The third-order valence-electron chi connectivity index (χ3n) is 12.9. The van der Waals surface area contributed by atoms with Gasteiger partial charge in [-0.25, -0.2) is 0 Å². The summed E-state index contributed by atoms with van der Waals surface area (Å²) in [7, 11) is 0. The largest absolute Gasteiger partial charge is 0.394 e. The van der Waals surface area contributed by atoms with Crippen LogP contribution >= 0.6 is 0 Å². The van der Waals surface area contributed by atoms with E-state index in [4.69, 9.17) is 9.47 Å². The van der Waals surface area contributed by atoms with Crippen molar-refractivity contribution in [2.24, 2.45) is 52.3 Å². The Bertz CT molecular complexity index is 971. The zero-order valence-corrected chi connectivity index (χ0v) is 27.0. The molecule has 0 aromatic heterocycles. The molecule has 42 heavy (non-hydrogen) atoms. The van der Waals surface area contributed by atoms with Gasteiger partial charge in [0.05, 0.1) is 12.7 Å². The van der Waals surface area contributed by atoms with Crippen LogP contribution in [0.1, 0.15) is 106 Å². The number of allylic oxidation sites excluding steroid dienone is 2. The maximum atomic E-state index is 11.9. The lowest BCUT2D eigenvalue weighted by atomic mass is 9.46. The fourth-order valence-corrected chi connectivity index (χ4v) is 10.5. The van der Waals surface area contributed by atoms with Crippen molar-refractivity contribution in [3.8, 4) is 0 Å². The van der Waals surface area contributed by atoms with Crippen molar-refractivity contribution in [2.45, 2.75) is 142 Å². The van der Waals surface area contributed by atoms with E-state index in [1.165, 1.54) is 51.9 Å². The van der Waals surface area contributed by atoms with Crippen LogP contribution in [-0.2, 0) is 14.3 Å². The van der Waals surface area contributed by atoms with Gasteiger partial charge in [0.25, 0.3) is 0 Å². The Kier molecular flexibility index (Phi) is 9.86. The van der Waals surface area contributed by atoms with Crippen LogP contribution in [0.3, 0.4) is 0 Å². The van der Waals surface area contributed by atoms with E-state index in [-0.39, 0.29) is 17.4 Å². The van der Waals surface area contributed by atoms with Gasteiger partial charge in [-0.1, -0.05) is 66.0 Å². The molecule has 0 radical (unpaired) electrons. The van der Waals surface area contributed by atoms with Crippen molar-refractivity contribution >= 4 is 5.91 Å². The fourth-order valence-electron chi connectivity index (χ4n) is 10.5. The molecule has 7 nitrogen and oxygen atoms in total. The van der Waals surface area contributed by atoms with E-state index in [1.807, 2.05) is 0 Å². The summed E-state index contributed by atoms with van der Waals surface area (Å²) >= 11 is 0. The first-order valence-electron chi connectivity index (χ1n) is 17.1. The van der Waals surface area contributed by atoms with Crippen molar-refractivity contribution in [1.82, 2.24) is 5.32 Å². The van der Waals surface area contributed by atoms with Crippen LogP contribution in [0.4, 0.5) is 0 Å². The Balaban J connectivity index is 1.26. The predicted octanol–water partition coefficient (Wildman–Crippen LogP) is 5.21. The molecule has 240 valence electrons. The first-order valence-corrected chi connectivity index (χ1v) is 17.1. The number of ether oxygens (including phenoxy) is 2. The Hall–Kier alpha value is -0.990. The van der Waals surface area contributed by atoms with Gasteiger partial charge in [-0.2, -0.15) is 0 Å². The molecular formula is C35H59NO6. The van der Waals surface area contributed by atoms with Gasteiger partial charge in [0, 0.05) is 6.92 Å².